The van der Waals surface area contributed by atoms with Crippen LogP contribution in [0.3, 0.4) is 0 Å². The Morgan fingerprint density at radius 2 is 1.76 bits per heavy atom. The number of rotatable bonds is 4. The number of nitriles is 1. The highest BCUT2D eigenvalue weighted by molar-refractivity contribution is 5.99. The summed E-state index contributed by atoms with van der Waals surface area (Å²) in [6.07, 6.45) is 5.58. The van der Waals surface area contributed by atoms with E-state index >= 15 is 0 Å². The Bertz CT molecular complexity index is 684. The molecule has 2 unspecified atom stereocenters. The van der Waals surface area contributed by atoms with Gasteiger partial charge in [-0.05, 0) is 62.0 Å². The maximum Gasteiger partial charge on any atom is 0.226 e. The lowest BCUT2D eigenvalue weighted by Gasteiger charge is -2.46. The third kappa shape index (κ3) is 3.92. The van der Waals surface area contributed by atoms with Crippen molar-refractivity contribution in [2.45, 2.75) is 46.0 Å². The van der Waals surface area contributed by atoms with Gasteiger partial charge in [0.15, 0.2) is 5.78 Å². The number of nitrogens with one attached hydrogen (secondary N) is 1. The molecule has 0 radical (unpaired) electrons. The summed E-state index contributed by atoms with van der Waals surface area (Å²) in [5, 5.41) is 11.7. The monoisotopic (exact) mass is 338 g/mol. The summed E-state index contributed by atoms with van der Waals surface area (Å²) in [5.41, 5.74) is 0.702. The average molecular weight is 338 g/mol. The van der Waals surface area contributed by atoms with Crippen molar-refractivity contribution >= 4 is 11.7 Å². The fourth-order valence-electron chi connectivity index (χ4n) is 4.98. The first-order chi connectivity index (χ1) is 11.9. The minimum Gasteiger partial charge on any atom is -0.348 e. The first-order valence-electron chi connectivity index (χ1n) is 9.21. The molecule has 1 amide bonds. The van der Waals surface area contributed by atoms with Gasteiger partial charge in [-0.2, -0.15) is 5.26 Å². The Kier molecular flexibility index (Phi) is 4.94. The van der Waals surface area contributed by atoms with Crippen molar-refractivity contribution in [3.63, 3.8) is 0 Å². The first-order valence-corrected chi connectivity index (χ1v) is 9.21. The molecule has 1 aromatic rings. The molecule has 3 rings (SSSR count). The minimum absolute atomic E-state index is 0.0127. The number of benzene rings is 1. The highest BCUT2D eigenvalue weighted by atomic mass is 16.2. The predicted octanol–water partition coefficient (Wildman–Crippen LogP) is 3.71. The van der Waals surface area contributed by atoms with Gasteiger partial charge >= 0.3 is 0 Å². The van der Waals surface area contributed by atoms with Gasteiger partial charge in [0.1, 0.15) is 0 Å². The molecule has 2 bridgehead atoms. The Balaban J connectivity index is 1.58. The van der Waals surface area contributed by atoms with Crippen LogP contribution < -0.4 is 5.32 Å². The van der Waals surface area contributed by atoms with Crippen molar-refractivity contribution < 1.29 is 9.59 Å². The fourth-order valence-corrected chi connectivity index (χ4v) is 4.98. The molecule has 0 aliphatic heterocycles. The van der Waals surface area contributed by atoms with Crippen LogP contribution in [0.4, 0.5) is 0 Å². The van der Waals surface area contributed by atoms with Crippen LogP contribution in [0.5, 0.6) is 0 Å². The zero-order chi connectivity index (χ0) is 18.0. The van der Waals surface area contributed by atoms with Crippen LogP contribution in [-0.2, 0) is 4.79 Å². The first kappa shape index (κ1) is 17.7. The van der Waals surface area contributed by atoms with E-state index in [0.29, 0.717) is 23.0 Å². The quantitative estimate of drug-likeness (QED) is 0.851. The molecule has 4 heteroatoms. The number of nitrogens with zero attached hydrogens (tertiary/aromatic N) is 1. The maximum absolute atomic E-state index is 12.8. The summed E-state index contributed by atoms with van der Waals surface area (Å²) in [4.78, 5) is 25.0. The SMILES string of the molecule is CC1CC2CC(C1)CC(C)(C(=O)NCC(=O)c1ccc(C#N)cc1)C2. The van der Waals surface area contributed by atoms with Crippen molar-refractivity contribution in [1.82, 2.24) is 5.32 Å². The van der Waals surface area contributed by atoms with Crippen molar-refractivity contribution in [3.8, 4) is 6.07 Å². The number of carbonyl (C=O) groups excluding carboxylic acids is 2. The molecule has 0 saturated heterocycles. The maximum atomic E-state index is 12.8. The molecule has 0 aromatic heterocycles. The van der Waals surface area contributed by atoms with Crippen LogP contribution in [0.15, 0.2) is 24.3 Å². The Morgan fingerprint density at radius 1 is 1.16 bits per heavy atom. The molecule has 1 N–H and O–H groups in total. The number of hydrogen-bond acceptors (Lipinski definition) is 3. The standard InChI is InChI=1S/C21H26N2O2/c1-14-7-16-9-17(8-14)11-21(2,10-16)20(25)23-13-19(24)18-5-3-15(12-22)4-6-18/h3-6,14,16-17H,7-11,13H2,1-2H3,(H,23,25). The van der Waals surface area contributed by atoms with E-state index < -0.39 is 0 Å². The van der Waals surface area contributed by atoms with Gasteiger partial charge in [-0.3, -0.25) is 9.59 Å². The molecule has 25 heavy (non-hydrogen) atoms. The largest absolute Gasteiger partial charge is 0.348 e. The van der Waals surface area contributed by atoms with E-state index in [-0.39, 0.29) is 23.7 Å². The minimum atomic E-state index is -0.349. The summed E-state index contributed by atoms with van der Waals surface area (Å²) >= 11 is 0. The van der Waals surface area contributed by atoms with Gasteiger partial charge in [0.2, 0.25) is 5.91 Å². The highest BCUT2D eigenvalue weighted by Crippen LogP contribution is 2.50. The van der Waals surface area contributed by atoms with Crippen molar-refractivity contribution in [1.29, 1.82) is 5.26 Å². The molecule has 2 aliphatic rings. The summed E-state index contributed by atoms with van der Waals surface area (Å²) in [6.45, 7) is 4.40. The number of ketones is 1. The molecular formula is C21H26N2O2. The van der Waals surface area contributed by atoms with Crippen molar-refractivity contribution in [3.05, 3.63) is 35.4 Å². The van der Waals surface area contributed by atoms with Gasteiger partial charge in [0.25, 0.3) is 0 Å². The van der Waals surface area contributed by atoms with E-state index in [1.165, 1.54) is 19.3 Å². The fraction of sp³-hybridized carbons (Fsp3) is 0.571. The third-order valence-corrected chi connectivity index (χ3v) is 5.91. The Morgan fingerprint density at radius 3 is 2.32 bits per heavy atom. The molecule has 0 spiro atoms. The van der Waals surface area contributed by atoms with E-state index in [0.717, 1.165) is 18.8 Å². The van der Waals surface area contributed by atoms with Crippen LogP contribution in [0.2, 0.25) is 0 Å². The van der Waals surface area contributed by atoms with E-state index in [1.807, 2.05) is 6.07 Å². The number of fused-ring (bicyclic) bond motifs is 2. The van der Waals surface area contributed by atoms with Crippen molar-refractivity contribution in [2.75, 3.05) is 6.54 Å². The average Bonchev–Trinajstić information content (AvgIpc) is 2.58. The molecule has 132 valence electrons. The van der Waals surface area contributed by atoms with Crippen LogP contribution in [0, 0.1) is 34.5 Å². The lowest BCUT2D eigenvalue weighted by molar-refractivity contribution is -0.135. The molecule has 1 aromatic carbocycles. The molecular weight excluding hydrogens is 312 g/mol. The molecule has 2 fully saturated rings. The van der Waals surface area contributed by atoms with Gasteiger partial charge in [-0.1, -0.05) is 26.0 Å². The van der Waals surface area contributed by atoms with E-state index in [2.05, 4.69) is 19.2 Å². The van der Waals surface area contributed by atoms with Crippen LogP contribution >= 0.6 is 0 Å². The lowest BCUT2D eigenvalue weighted by atomic mass is 9.59. The van der Waals surface area contributed by atoms with Gasteiger partial charge < -0.3 is 5.32 Å². The lowest BCUT2D eigenvalue weighted by Crippen LogP contribution is -2.47. The van der Waals surface area contributed by atoms with Crippen LogP contribution in [0.25, 0.3) is 0 Å². The number of Topliss-reactive ketones (excluding diaryl/α,β-unsaturated/α-hetero) is 1. The van der Waals surface area contributed by atoms with E-state index in [9.17, 15) is 9.59 Å². The number of amides is 1. The second-order valence-corrected chi connectivity index (χ2v) is 8.31. The third-order valence-electron chi connectivity index (χ3n) is 5.91. The van der Waals surface area contributed by atoms with Gasteiger partial charge in [0.05, 0.1) is 18.2 Å². The van der Waals surface area contributed by atoms with Crippen molar-refractivity contribution in [2.24, 2.45) is 23.2 Å². The van der Waals surface area contributed by atoms with Crippen LogP contribution in [-0.4, -0.2) is 18.2 Å². The number of carbonyl (C=O) groups is 2. The Hall–Kier alpha value is -2.15. The molecule has 2 aliphatic carbocycles. The zero-order valence-corrected chi connectivity index (χ0v) is 15.0. The van der Waals surface area contributed by atoms with Gasteiger partial charge in [-0.15, -0.1) is 0 Å². The molecule has 0 heterocycles. The predicted molar refractivity (Wildman–Crippen MR) is 95.8 cm³/mol. The van der Waals surface area contributed by atoms with Gasteiger partial charge in [0, 0.05) is 11.0 Å². The molecule has 4 nitrogen and oxygen atoms in total. The highest BCUT2D eigenvalue weighted by Gasteiger charge is 2.45. The zero-order valence-electron chi connectivity index (χ0n) is 15.0. The Labute approximate surface area is 149 Å². The number of hydrogen-bond donors (Lipinski definition) is 1. The topological polar surface area (TPSA) is 70.0 Å². The van der Waals surface area contributed by atoms with Crippen LogP contribution in [0.1, 0.15) is 61.9 Å². The summed E-state index contributed by atoms with van der Waals surface area (Å²) < 4.78 is 0. The summed E-state index contributed by atoms with van der Waals surface area (Å²) in [7, 11) is 0. The second kappa shape index (κ2) is 7.00. The van der Waals surface area contributed by atoms with E-state index in [4.69, 9.17) is 5.26 Å². The van der Waals surface area contributed by atoms with Gasteiger partial charge in [-0.25, -0.2) is 0 Å². The van der Waals surface area contributed by atoms with E-state index in [1.54, 1.807) is 24.3 Å². The summed E-state index contributed by atoms with van der Waals surface area (Å²) in [5.74, 6) is 1.96. The molecule has 2 atom stereocenters. The molecule has 2 saturated carbocycles. The second-order valence-electron chi connectivity index (χ2n) is 8.31. The smallest absolute Gasteiger partial charge is 0.226 e. The normalized spacial score (nSPS) is 31.0. The summed E-state index contributed by atoms with van der Waals surface area (Å²) in [6, 6.07) is 8.56.